The predicted octanol–water partition coefficient (Wildman–Crippen LogP) is 2.14. The smallest absolute Gasteiger partial charge is 0.275 e. The van der Waals surface area contributed by atoms with Crippen molar-refractivity contribution in [2.45, 2.75) is 48.9 Å². The number of amides is 1. The van der Waals surface area contributed by atoms with E-state index in [0.29, 0.717) is 18.5 Å². The van der Waals surface area contributed by atoms with Gasteiger partial charge in [0.25, 0.3) is 15.6 Å². The van der Waals surface area contributed by atoms with Gasteiger partial charge in [-0.3, -0.25) is 19.2 Å². The third-order valence-electron chi connectivity index (χ3n) is 7.06. The molecule has 0 saturated carbocycles. The molecule has 3 aliphatic rings. The van der Waals surface area contributed by atoms with E-state index in [1.165, 1.54) is 6.07 Å². The fourth-order valence-corrected chi connectivity index (χ4v) is 7.57. The van der Waals surface area contributed by atoms with Crippen LogP contribution in [0, 0.1) is 5.92 Å². The number of anilines is 1. The van der Waals surface area contributed by atoms with E-state index in [2.05, 4.69) is 9.62 Å². The lowest BCUT2D eigenvalue weighted by molar-refractivity contribution is -0.130. The highest BCUT2D eigenvalue weighted by atomic mass is 32.2. The standard InChI is InChI=1S/C22H28N4O4S2/c1-15(27)24-8-6-18(7-9-24)25-12-16-11-17(14-25)20-5-4-19(22(28)26(20)13-16)23-32(29,30)21-3-2-10-31-21/h2-5,10,16-18,23H,6-9,11-14H2,1H3/t16-,17+/m0/s1. The summed E-state index contributed by atoms with van der Waals surface area (Å²) in [7, 11) is -3.75. The fourth-order valence-electron chi connectivity index (χ4n) is 5.52. The zero-order valence-electron chi connectivity index (χ0n) is 18.1. The lowest BCUT2D eigenvalue weighted by Gasteiger charge is -2.47. The first-order chi connectivity index (χ1) is 15.3. The number of thiophene rings is 1. The summed E-state index contributed by atoms with van der Waals surface area (Å²) >= 11 is 1.13. The maximum Gasteiger partial charge on any atom is 0.275 e. The van der Waals surface area contributed by atoms with Crippen molar-refractivity contribution < 1.29 is 13.2 Å². The van der Waals surface area contributed by atoms with E-state index in [4.69, 9.17) is 0 Å². The highest BCUT2D eigenvalue weighted by Crippen LogP contribution is 2.37. The Morgan fingerprint density at radius 2 is 1.91 bits per heavy atom. The van der Waals surface area contributed by atoms with Crippen LogP contribution < -0.4 is 10.3 Å². The van der Waals surface area contributed by atoms with Gasteiger partial charge in [0.2, 0.25) is 5.91 Å². The molecular weight excluding hydrogens is 448 g/mol. The second kappa shape index (κ2) is 8.31. The number of nitrogens with one attached hydrogen (secondary N) is 1. The molecule has 2 aromatic rings. The van der Waals surface area contributed by atoms with E-state index >= 15 is 0 Å². The maximum atomic E-state index is 13.2. The van der Waals surface area contributed by atoms with E-state index in [1.54, 1.807) is 29.0 Å². The van der Waals surface area contributed by atoms with Gasteiger partial charge in [-0.2, -0.15) is 0 Å². The first kappa shape index (κ1) is 21.7. The lowest BCUT2D eigenvalue weighted by atomic mass is 9.82. The lowest BCUT2D eigenvalue weighted by Crippen LogP contribution is -2.53. The van der Waals surface area contributed by atoms with Crippen molar-refractivity contribution in [1.82, 2.24) is 14.4 Å². The number of sulfonamides is 1. The number of nitrogens with zero attached hydrogens (tertiary/aromatic N) is 3. The Kier molecular flexibility index (Phi) is 5.63. The summed E-state index contributed by atoms with van der Waals surface area (Å²) < 4.78 is 29.6. The van der Waals surface area contributed by atoms with Crippen molar-refractivity contribution in [2.24, 2.45) is 5.92 Å². The average molecular weight is 477 g/mol. The van der Waals surface area contributed by atoms with Crippen LogP contribution in [0.25, 0.3) is 0 Å². The van der Waals surface area contributed by atoms with E-state index < -0.39 is 10.0 Å². The number of fused-ring (bicyclic) bond motifs is 4. The second-order valence-corrected chi connectivity index (χ2v) is 12.0. The van der Waals surface area contributed by atoms with Crippen molar-refractivity contribution >= 4 is 33.0 Å². The molecule has 0 spiro atoms. The van der Waals surface area contributed by atoms with Crippen LogP contribution in [0.1, 0.15) is 37.8 Å². The number of pyridine rings is 1. The van der Waals surface area contributed by atoms with Gasteiger partial charge >= 0.3 is 0 Å². The SMILES string of the molecule is CC(=O)N1CCC(N2C[C@@H]3C[C@H](C2)c2ccc(NS(=O)(=O)c4cccs4)c(=O)n2C3)CC1. The van der Waals surface area contributed by atoms with Gasteiger partial charge in [-0.05, 0) is 48.8 Å². The van der Waals surface area contributed by atoms with Crippen LogP contribution in [0.4, 0.5) is 5.69 Å². The van der Waals surface area contributed by atoms with E-state index in [0.717, 1.165) is 62.5 Å². The Balaban J connectivity index is 1.34. The zero-order valence-corrected chi connectivity index (χ0v) is 19.7. The Morgan fingerprint density at radius 1 is 1.12 bits per heavy atom. The van der Waals surface area contributed by atoms with Gasteiger partial charge in [-0.15, -0.1) is 11.3 Å². The van der Waals surface area contributed by atoms with Crippen LogP contribution >= 0.6 is 11.3 Å². The Hall–Kier alpha value is -2.17. The molecule has 1 amide bonds. The van der Waals surface area contributed by atoms with E-state index in [-0.39, 0.29) is 27.3 Å². The molecule has 5 heterocycles. The van der Waals surface area contributed by atoms with Crippen LogP contribution in [0.5, 0.6) is 0 Å². The van der Waals surface area contributed by atoms with Crippen LogP contribution in [0.2, 0.25) is 0 Å². The molecule has 10 heteroatoms. The number of rotatable bonds is 4. The highest BCUT2D eigenvalue weighted by Gasteiger charge is 2.38. The molecule has 2 atom stereocenters. The monoisotopic (exact) mass is 476 g/mol. The summed E-state index contributed by atoms with van der Waals surface area (Å²) in [4.78, 5) is 29.3. The molecule has 0 radical (unpaired) electrons. The number of hydrogen-bond donors (Lipinski definition) is 1. The van der Waals surface area contributed by atoms with Crippen molar-refractivity contribution in [3.63, 3.8) is 0 Å². The summed E-state index contributed by atoms with van der Waals surface area (Å²) in [5.41, 5.74) is 0.840. The van der Waals surface area contributed by atoms with Crippen molar-refractivity contribution in [3.8, 4) is 0 Å². The number of likely N-dealkylation sites (tertiary alicyclic amines) is 2. The molecule has 32 heavy (non-hydrogen) atoms. The Labute approximate surface area is 191 Å². The number of carbonyl (C=O) groups excluding carboxylic acids is 1. The number of carbonyl (C=O) groups is 1. The zero-order chi connectivity index (χ0) is 22.5. The molecule has 2 aromatic heterocycles. The van der Waals surface area contributed by atoms with Gasteiger partial charge in [0.1, 0.15) is 9.90 Å². The van der Waals surface area contributed by atoms with Crippen LogP contribution in [-0.4, -0.2) is 60.9 Å². The molecule has 5 rings (SSSR count). The highest BCUT2D eigenvalue weighted by molar-refractivity contribution is 7.94. The average Bonchev–Trinajstić information content (AvgIpc) is 3.32. The normalized spacial score (nSPS) is 24.2. The summed E-state index contributed by atoms with van der Waals surface area (Å²) in [6.45, 7) is 5.72. The molecule has 2 bridgehead atoms. The van der Waals surface area contributed by atoms with Gasteiger partial charge in [0.05, 0.1) is 0 Å². The third-order valence-corrected chi connectivity index (χ3v) is 9.83. The Morgan fingerprint density at radius 3 is 2.59 bits per heavy atom. The van der Waals surface area contributed by atoms with E-state index in [1.807, 2.05) is 11.0 Å². The summed E-state index contributed by atoms with van der Waals surface area (Å²) in [6.07, 6.45) is 3.05. The fraction of sp³-hybridized carbons (Fsp3) is 0.545. The van der Waals surface area contributed by atoms with Gasteiger partial charge < -0.3 is 9.47 Å². The number of piperidine rings is 2. The second-order valence-electron chi connectivity index (χ2n) is 9.12. The quantitative estimate of drug-likeness (QED) is 0.730. The van der Waals surface area contributed by atoms with Crippen molar-refractivity contribution in [1.29, 1.82) is 0 Å². The largest absolute Gasteiger partial charge is 0.343 e. The minimum Gasteiger partial charge on any atom is -0.343 e. The summed E-state index contributed by atoms with van der Waals surface area (Å²) in [5, 5.41) is 1.70. The summed E-state index contributed by atoms with van der Waals surface area (Å²) in [6, 6.07) is 7.21. The molecule has 0 aliphatic carbocycles. The van der Waals surface area contributed by atoms with Gasteiger partial charge in [0.15, 0.2) is 0 Å². The summed E-state index contributed by atoms with van der Waals surface area (Å²) in [5.74, 6) is 0.788. The molecule has 1 N–H and O–H groups in total. The van der Waals surface area contributed by atoms with Crippen LogP contribution in [-0.2, 0) is 21.4 Å². The molecule has 0 unspecified atom stereocenters. The topological polar surface area (TPSA) is 91.7 Å². The number of aromatic nitrogens is 1. The predicted molar refractivity (Wildman–Crippen MR) is 124 cm³/mol. The van der Waals surface area contributed by atoms with Gasteiger partial charge in [0, 0.05) is 57.3 Å². The minimum absolute atomic E-state index is 0.107. The van der Waals surface area contributed by atoms with Crippen molar-refractivity contribution in [2.75, 3.05) is 30.9 Å². The maximum absolute atomic E-state index is 13.2. The van der Waals surface area contributed by atoms with Crippen molar-refractivity contribution in [3.05, 3.63) is 45.7 Å². The van der Waals surface area contributed by atoms with E-state index in [9.17, 15) is 18.0 Å². The molecule has 0 aromatic carbocycles. The molecule has 2 fully saturated rings. The Bertz CT molecular complexity index is 1170. The molecule has 2 saturated heterocycles. The first-order valence-electron chi connectivity index (χ1n) is 11.1. The first-order valence-corrected chi connectivity index (χ1v) is 13.5. The van der Waals surface area contributed by atoms with Gasteiger partial charge in [-0.25, -0.2) is 8.42 Å². The molecule has 172 valence electrons. The third kappa shape index (κ3) is 3.99. The molecule has 8 nitrogen and oxygen atoms in total. The number of hydrogen-bond acceptors (Lipinski definition) is 6. The minimum atomic E-state index is -3.75. The van der Waals surface area contributed by atoms with Gasteiger partial charge in [-0.1, -0.05) is 6.07 Å². The van der Waals surface area contributed by atoms with Crippen LogP contribution in [0.3, 0.4) is 0 Å². The van der Waals surface area contributed by atoms with Crippen LogP contribution in [0.15, 0.2) is 38.6 Å². The molecule has 3 aliphatic heterocycles. The molecular formula is C22H28N4O4S2.